The van der Waals surface area contributed by atoms with Crippen LogP contribution in [0.1, 0.15) is 11.3 Å². The lowest BCUT2D eigenvalue weighted by molar-refractivity contribution is 0.414. The normalized spacial score (nSPS) is 10.5. The summed E-state index contributed by atoms with van der Waals surface area (Å²) in [7, 11) is 3.38. The second-order valence-corrected chi connectivity index (χ2v) is 4.39. The number of methoxy groups -OCH3 is 1. The molecule has 0 radical (unpaired) electrons. The van der Waals surface area contributed by atoms with Crippen LogP contribution in [-0.2, 0) is 0 Å². The van der Waals surface area contributed by atoms with Crippen LogP contribution >= 0.6 is 11.6 Å². The monoisotopic (exact) mass is 266 g/mol. The molecule has 18 heavy (non-hydrogen) atoms. The molecule has 2 aromatic rings. The average Bonchev–Trinajstić information content (AvgIpc) is 2.73. The predicted octanol–water partition coefficient (Wildman–Crippen LogP) is 3.66. The second kappa shape index (κ2) is 4.90. The summed E-state index contributed by atoms with van der Waals surface area (Å²) >= 11 is 6.15. The highest BCUT2D eigenvalue weighted by atomic mass is 35.5. The molecule has 96 valence electrons. The van der Waals surface area contributed by atoms with Gasteiger partial charge in [0, 0.05) is 12.1 Å². The minimum atomic E-state index is 0.473. The molecular weight excluding hydrogens is 252 g/mol. The molecule has 0 unspecified atom stereocenters. The van der Waals surface area contributed by atoms with Crippen LogP contribution in [0.2, 0.25) is 5.02 Å². The van der Waals surface area contributed by atoms with Gasteiger partial charge < -0.3 is 14.5 Å². The van der Waals surface area contributed by atoms with Gasteiger partial charge in [0.15, 0.2) is 5.76 Å². The topological polar surface area (TPSA) is 47.3 Å². The largest absolute Gasteiger partial charge is 0.496 e. The Morgan fingerprint density at radius 3 is 2.61 bits per heavy atom. The maximum atomic E-state index is 6.15. The van der Waals surface area contributed by atoms with E-state index in [0.717, 1.165) is 22.6 Å². The first-order chi connectivity index (χ1) is 8.56. The zero-order chi connectivity index (χ0) is 13.3. The van der Waals surface area contributed by atoms with E-state index in [1.165, 1.54) is 0 Å². The van der Waals surface area contributed by atoms with E-state index in [9.17, 15) is 0 Å². The van der Waals surface area contributed by atoms with Crippen molar-refractivity contribution in [2.45, 2.75) is 13.8 Å². The third-order valence-electron chi connectivity index (χ3n) is 2.74. The molecule has 0 spiro atoms. The number of ether oxygens (including phenoxy) is 1. The number of aryl methyl sites for hydroxylation is 2. The zero-order valence-corrected chi connectivity index (χ0v) is 11.6. The summed E-state index contributed by atoms with van der Waals surface area (Å²) in [5.74, 6) is 1.39. The van der Waals surface area contributed by atoms with Gasteiger partial charge in [-0.15, -0.1) is 0 Å². The quantitative estimate of drug-likeness (QED) is 0.921. The minimum absolute atomic E-state index is 0.473. The third-order valence-corrected chi connectivity index (χ3v) is 3.14. The minimum Gasteiger partial charge on any atom is -0.496 e. The van der Waals surface area contributed by atoms with Crippen molar-refractivity contribution >= 4 is 17.6 Å². The molecule has 1 aromatic carbocycles. The molecule has 0 aliphatic carbocycles. The Balaban J connectivity index is 2.61. The highest BCUT2D eigenvalue weighted by molar-refractivity contribution is 6.31. The molecule has 4 nitrogen and oxygen atoms in total. The number of hydrogen-bond donors (Lipinski definition) is 1. The van der Waals surface area contributed by atoms with Gasteiger partial charge in [0.1, 0.15) is 5.75 Å². The number of hydrogen-bond acceptors (Lipinski definition) is 4. The number of benzene rings is 1. The Hall–Kier alpha value is -1.68. The lowest BCUT2D eigenvalue weighted by atomic mass is 10.1. The maximum Gasteiger partial charge on any atom is 0.295 e. The molecule has 0 fully saturated rings. The summed E-state index contributed by atoms with van der Waals surface area (Å²) in [5, 5.41) is 3.54. The fourth-order valence-electron chi connectivity index (χ4n) is 1.75. The van der Waals surface area contributed by atoms with Crippen molar-refractivity contribution in [3.05, 3.63) is 28.4 Å². The lowest BCUT2D eigenvalue weighted by Gasteiger charge is -2.09. The van der Waals surface area contributed by atoms with Crippen molar-refractivity contribution in [3.8, 4) is 17.1 Å². The van der Waals surface area contributed by atoms with Gasteiger partial charge in [-0.25, -0.2) is 0 Å². The van der Waals surface area contributed by atoms with E-state index in [1.807, 2.05) is 26.0 Å². The molecule has 0 bridgehead atoms. The maximum absolute atomic E-state index is 6.15. The van der Waals surface area contributed by atoms with Gasteiger partial charge in [0.05, 0.1) is 18.4 Å². The number of nitrogens with zero attached hydrogens (tertiary/aromatic N) is 1. The fraction of sp³-hybridized carbons (Fsp3) is 0.308. The van der Waals surface area contributed by atoms with Crippen LogP contribution in [0, 0.1) is 13.8 Å². The van der Waals surface area contributed by atoms with Crippen molar-refractivity contribution < 1.29 is 9.15 Å². The summed E-state index contributed by atoms with van der Waals surface area (Å²) in [6.45, 7) is 3.81. The van der Waals surface area contributed by atoms with Gasteiger partial charge in [-0.1, -0.05) is 11.6 Å². The molecule has 1 heterocycles. The molecule has 1 N–H and O–H groups in total. The van der Waals surface area contributed by atoms with Crippen molar-refractivity contribution in [2.24, 2.45) is 0 Å². The highest BCUT2D eigenvalue weighted by Gasteiger charge is 2.17. The molecule has 0 saturated heterocycles. The van der Waals surface area contributed by atoms with Crippen molar-refractivity contribution in [1.82, 2.24) is 4.98 Å². The van der Waals surface area contributed by atoms with Gasteiger partial charge in [0.25, 0.3) is 6.01 Å². The van der Waals surface area contributed by atoms with E-state index in [1.54, 1.807) is 14.2 Å². The van der Waals surface area contributed by atoms with Gasteiger partial charge in [-0.3, -0.25) is 0 Å². The summed E-state index contributed by atoms with van der Waals surface area (Å²) in [6, 6.07) is 4.20. The van der Waals surface area contributed by atoms with Crippen molar-refractivity contribution in [2.75, 3.05) is 19.5 Å². The van der Waals surface area contributed by atoms with Gasteiger partial charge in [-0.2, -0.15) is 4.98 Å². The first-order valence-electron chi connectivity index (χ1n) is 5.56. The number of halogens is 1. The first-order valence-corrected chi connectivity index (χ1v) is 5.94. The van der Waals surface area contributed by atoms with Crippen LogP contribution in [0.15, 0.2) is 16.5 Å². The SMILES string of the molecule is CNc1nc(C)c(-c2cc(Cl)c(C)cc2OC)o1. The summed E-state index contributed by atoms with van der Waals surface area (Å²) in [6.07, 6.45) is 0. The number of oxazole rings is 1. The molecule has 1 aromatic heterocycles. The Kier molecular flexibility index (Phi) is 3.48. The fourth-order valence-corrected chi connectivity index (χ4v) is 1.92. The summed E-state index contributed by atoms with van der Waals surface area (Å²) in [4.78, 5) is 4.26. The van der Waals surface area contributed by atoms with Crippen LogP contribution in [-0.4, -0.2) is 19.1 Å². The Morgan fingerprint density at radius 1 is 1.33 bits per heavy atom. The first kappa shape index (κ1) is 12.8. The van der Waals surface area contributed by atoms with Crippen molar-refractivity contribution in [1.29, 1.82) is 0 Å². The van der Waals surface area contributed by atoms with E-state index >= 15 is 0 Å². The van der Waals surface area contributed by atoms with Crippen LogP contribution in [0.25, 0.3) is 11.3 Å². The number of anilines is 1. The van der Waals surface area contributed by atoms with E-state index < -0.39 is 0 Å². The number of nitrogens with one attached hydrogen (secondary N) is 1. The Labute approximate surface area is 111 Å². The molecule has 0 atom stereocenters. The van der Waals surface area contributed by atoms with E-state index in [4.69, 9.17) is 20.8 Å². The molecular formula is C13H15ClN2O2. The van der Waals surface area contributed by atoms with E-state index in [2.05, 4.69) is 10.3 Å². The zero-order valence-electron chi connectivity index (χ0n) is 10.8. The average molecular weight is 267 g/mol. The molecule has 0 saturated carbocycles. The summed E-state index contributed by atoms with van der Waals surface area (Å²) in [5.41, 5.74) is 2.56. The van der Waals surface area contributed by atoms with Gasteiger partial charge in [-0.05, 0) is 31.5 Å². The van der Waals surface area contributed by atoms with Gasteiger partial charge >= 0.3 is 0 Å². The standard InChI is InChI=1S/C13H15ClN2O2/c1-7-5-11(17-4)9(6-10(7)14)12-8(2)16-13(15-3)18-12/h5-6H,1-4H3,(H,15,16). The summed E-state index contributed by atoms with van der Waals surface area (Å²) < 4.78 is 11.0. The second-order valence-electron chi connectivity index (χ2n) is 3.99. The van der Waals surface area contributed by atoms with Crippen LogP contribution < -0.4 is 10.1 Å². The lowest BCUT2D eigenvalue weighted by Crippen LogP contribution is -1.90. The number of rotatable bonds is 3. The molecule has 0 amide bonds. The highest BCUT2D eigenvalue weighted by Crippen LogP contribution is 2.37. The molecule has 0 aliphatic heterocycles. The predicted molar refractivity (Wildman–Crippen MR) is 72.5 cm³/mol. The van der Waals surface area contributed by atoms with Crippen LogP contribution in [0.5, 0.6) is 5.75 Å². The van der Waals surface area contributed by atoms with Crippen LogP contribution in [0.4, 0.5) is 6.01 Å². The number of aromatic nitrogens is 1. The third kappa shape index (κ3) is 2.16. The van der Waals surface area contributed by atoms with E-state index in [-0.39, 0.29) is 0 Å². The Morgan fingerprint density at radius 2 is 2.06 bits per heavy atom. The van der Waals surface area contributed by atoms with E-state index in [0.29, 0.717) is 16.8 Å². The van der Waals surface area contributed by atoms with Crippen molar-refractivity contribution in [3.63, 3.8) is 0 Å². The molecule has 0 aliphatic rings. The van der Waals surface area contributed by atoms with Gasteiger partial charge in [0.2, 0.25) is 0 Å². The Bertz CT molecular complexity index is 579. The smallest absolute Gasteiger partial charge is 0.295 e. The molecule has 5 heteroatoms. The van der Waals surface area contributed by atoms with Crippen LogP contribution in [0.3, 0.4) is 0 Å². The molecule has 2 rings (SSSR count).